The molecule has 2 N–H and O–H groups in total. The topological polar surface area (TPSA) is 78.1 Å². The first-order valence-electron chi connectivity index (χ1n) is 9.12. The van der Waals surface area contributed by atoms with E-state index in [4.69, 9.17) is 0 Å². The number of nitrogens with zero attached hydrogens (tertiary/aromatic N) is 2. The Kier molecular flexibility index (Phi) is 6.23. The molecule has 2 amide bonds. The molecule has 0 spiro atoms. The second-order valence-corrected chi connectivity index (χ2v) is 6.63. The molecule has 3 rings (SSSR count). The van der Waals surface area contributed by atoms with E-state index in [9.17, 15) is 31.5 Å². The summed E-state index contributed by atoms with van der Waals surface area (Å²) >= 11 is 0. The van der Waals surface area contributed by atoms with Crippen LogP contribution in [0.15, 0.2) is 42.5 Å². The number of anilines is 1. The highest BCUT2D eigenvalue weighted by Crippen LogP contribution is 2.23. The molecule has 0 radical (unpaired) electrons. The molecule has 0 aliphatic carbocycles. The summed E-state index contributed by atoms with van der Waals surface area (Å²) in [5.74, 6) is -3.00. The van der Waals surface area contributed by atoms with Crippen LogP contribution in [0.25, 0.3) is 11.0 Å². The first kappa shape index (κ1) is 22.2. The standard InChI is InChI=1S/C20H17F5N4O2/c1-2-29(19(31)20(23,24)25)10-11-4-3-5-13(8-11)26-18(30)12-6-7-14-15(9-12)28-17(27-14)16(21)22/h3-9,16H,2,10H2,1H3,(H,26,30)(H,27,28). The first-order chi connectivity index (χ1) is 14.6. The van der Waals surface area contributed by atoms with Gasteiger partial charge in [0.1, 0.15) is 0 Å². The highest BCUT2D eigenvalue weighted by molar-refractivity contribution is 6.06. The maximum atomic E-state index is 12.8. The minimum Gasteiger partial charge on any atom is -0.337 e. The van der Waals surface area contributed by atoms with Gasteiger partial charge < -0.3 is 15.2 Å². The number of carbonyl (C=O) groups is 2. The number of hydrogen-bond donors (Lipinski definition) is 2. The van der Waals surface area contributed by atoms with Crippen molar-refractivity contribution in [3.8, 4) is 0 Å². The number of rotatable bonds is 6. The van der Waals surface area contributed by atoms with Gasteiger partial charge in [0.2, 0.25) is 0 Å². The number of nitrogens with one attached hydrogen (secondary N) is 2. The minimum atomic E-state index is -4.97. The van der Waals surface area contributed by atoms with Crippen LogP contribution in [0.2, 0.25) is 0 Å². The molecule has 164 valence electrons. The number of benzene rings is 2. The lowest BCUT2D eigenvalue weighted by molar-refractivity contribution is -0.185. The Hall–Kier alpha value is -3.50. The van der Waals surface area contributed by atoms with Gasteiger partial charge in [0.15, 0.2) is 5.82 Å². The van der Waals surface area contributed by atoms with E-state index in [1.54, 1.807) is 0 Å². The number of hydrogen-bond acceptors (Lipinski definition) is 3. The van der Waals surface area contributed by atoms with Gasteiger partial charge in [-0.25, -0.2) is 13.8 Å². The highest BCUT2D eigenvalue weighted by Gasteiger charge is 2.41. The Labute approximate surface area is 173 Å². The summed E-state index contributed by atoms with van der Waals surface area (Å²) in [4.78, 5) is 30.8. The van der Waals surface area contributed by atoms with E-state index in [1.807, 2.05) is 0 Å². The smallest absolute Gasteiger partial charge is 0.337 e. The van der Waals surface area contributed by atoms with Gasteiger partial charge >= 0.3 is 12.1 Å². The lowest BCUT2D eigenvalue weighted by Gasteiger charge is -2.22. The van der Waals surface area contributed by atoms with Crippen LogP contribution >= 0.6 is 0 Å². The molecule has 0 unspecified atom stereocenters. The summed E-state index contributed by atoms with van der Waals surface area (Å²) < 4.78 is 63.6. The molecule has 31 heavy (non-hydrogen) atoms. The number of aromatic nitrogens is 2. The summed E-state index contributed by atoms with van der Waals surface area (Å²) in [6.45, 7) is 1.01. The summed E-state index contributed by atoms with van der Waals surface area (Å²) in [6.07, 6.45) is -7.75. The lowest BCUT2D eigenvalue weighted by atomic mass is 10.1. The van der Waals surface area contributed by atoms with Gasteiger partial charge in [-0.1, -0.05) is 12.1 Å². The Bertz CT molecular complexity index is 1110. The fourth-order valence-corrected chi connectivity index (χ4v) is 2.95. The van der Waals surface area contributed by atoms with Crippen LogP contribution in [0, 0.1) is 0 Å². The molecule has 1 heterocycles. The number of alkyl halides is 5. The molecule has 0 atom stereocenters. The van der Waals surface area contributed by atoms with Gasteiger partial charge in [-0.15, -0.1) is 0 Å². The quantitative estimate of drug-likeness (QED) is 0.547. The molecule has 2 aromatic carbocycles. The van der Waals surface area contributed by atoms with Crippen molar-refractivity contribution in [2.24, 2.45) is 0 Å². The first-order valence-corrected chi connectivity index (χ1v) is 9.12. The van der Waals surface area contributed by atoms with Crippen LogP contribution in [0.3, 0.4) is 0 Å². The Morgan fingerprint density at radius 1 is 1.16 bits per heavy atom. The normalized spacial score (nSPS) is 11.7. The predicted molar refractivity (Wildman–Crippen MR) is 103 cm³/mol. The van der Waals surface area contributed by atoms with Gasteiger partial charge in [0, 0.05) is 24.3 Å². The third-order valence-corrected chi connectivity index (χ3v) is 4.44. The third-order valence-electron chi connectivity index (χ3n) is 4.44. The average molecular weight is 440 g/mol. The summed E-state index contributed by atoms with van der Waals surface area (Å²) in [5.41, 5.74) is 1.41. The largest absolute Gasteiger partial charge is 0.471 e. The SMILES string of the molecule is CCN(Cc1cccc(NC(=O)c2ccc3nc(C(F)F)[nH]c3c2)c1)C(=O)C(F)(F)F. The van der Waals surface area contributed by atoms with Crippen molar-refractivity contribution in [3.63, 3.8) is 0 Å². The fourth-order valence-electron chi connectivity index (χ4n) is 2.95. The molecule has 6 nitrogen and oxygen atoms in total. The average Bonchev–Trinajstić information content (AvgIpc) is 3.15. The Morgan fingerprint density at radius 2 is 1.90 bits per heavy atom. The molecule has 3 aromatic rings. The van der Waals surface area contributed by atoms with Crippen LogP contribution in [0.1, 0.15) is 35.1 Å². The highest BCUT2D eigenvalue weighted by atomic mass is 19.4. The van der Waals surface area contributed by atoms with Gasteiger partial charge in [0.05, 0.1) is 11.0 Å². The van der Waals surface area contributed by atoms with E-state index in [0.29, 0.717) is 16.2 Å². The molecule has 11 heteroatoms. The summed E-state index contributed by atoms with van der Waals surface area (Å²) in [7, 11) is 0. The molecule has 1 aromatic heterocycles. The van der Waals surface area contributed by atoms with Gasteiger partial charge in [-0.3, -0.25) is 9.59 Å². The molecule has 0 aliphatic rings. The molecule has 0 aliphatic heterocycles. The van der Waals surface area contributed by atoms with E-state index >= 15 is 0 Å². The zero-order chi connectivity index (χ0) is 22.8. The van der Waals surface area contributed by atoms with E-state index in [1.165, 1.54) is 49.4 Å². The molecule has 0 bridgehead atoms. The van der Waals surface area contributed by atoms with E-state index in [2.05, 4.69) is 15.3 Å². The summed E-state index contributed by atoms with van der Waals surface area (Å²) in [5, 5.41) is 2.60. The van der Waals surface area contributed by atoms with Gasteiger partial charge in [-0.05, 0) is 42.8 Å². The monoisotopic (exact) mass is 440 g/mol. The minimum absolute atomic E-state index is 0.139. The van der Waals surface area contributed by atoms with Crippen molar-refractivity contribution in [3.05, 3.63) is 59.4 Å². The number of imidazole rings is 1. The molecule has 0 saturated heterocycles. The maximum Gasteiger partial charge on any atom is 0.471 e. The van der Waals surface area contributed by atoms with Crippen LogP contribution in [-0.2, 0) is 11.3 Å². The van der Waals surface area contributed by atoms with E-state index < -0.39 is 30.2 Å². The van der Waals surface area contributed by atoms with Crippen LogP contribution in [0.4, 0.5) is 27.6 Å². The Balaban J connectivity index is 1.75. The van der Waals surface area contributed by atoms with Crippen LogP contribution in [0.5, 0.6) is 0 Å². The third kappa shape index (κ3) is 5.16. The molecule has 0 saturated carbocycles. The number of fused-ring (bicyclic) bond motifs is 1. The number of H-pyrrole nitrogens is 1. The van der Waals surface area contributed by atoms with Crippen LogP contribution in [-0.4, -0.2) is 39.4 Å². The fraction of sp³-hybridized carbons (Fsp3) is 0.250. The number of aromatic amines is 1. The van der Waals surface area contributed by atoms with E-state index in [0.717, 1.165) is 0 Å². The summed E-state index contributed by atoms with van der Waals surface area (Å²) in [6, 6.07) is 10.3. The number of amides is 2. The zero-order valence-corrected chi connectivity index (χ0v) is 16.1. The van der Waals surface area contributed by atoms with Gasteiger partial charge in [-0.2, -0.15) is 13.2 Å². The van der Waals surface area contributed by atoms with Crippen molar-refractivity contribution in [1.29, 1.82) is 0 Å². The van der Waals surface area contributed by atoms with Crippen LogP contribution < -0.4 is 5.32 Å². The van der Waals surface area contributed by atoms with Crippen molar-refractivity contribution < 1.29 is 31.5 Å². The Morgan fingerprint density at radius 3 is 2.55 bits per heavy atom. The van der Waals surface area contributed by atoms with E-state index in [-0.39, 0.29) is 29.7 Å². The van der Waals surface area contributed by atoms with Gasteiger partial charge in [0.25, 0.3) is 12.3 Å². The maximum absolute atomic E-state index is 12.8. The molecular weight excluding hydrogens is 423 g/mol. The van der Waals surface area contributed by atoms with Crippen molar-refractivity contribution in [2.45, 2.75) is 26.1 Å². The number of carbonyl (C=O) groups excluding carboxylic acids is 2. The molecular formula is C20H17F5N4O2. The van der Waals surface area contributed by atoms with Crippen molar-refractivity contribution in [2.75, 3.05) is 11.9 Å². The zero-order valence-electron chi connectivity index (χ0n) is 16.1. The predicted octanol–water partition coefficient (Wildman–Crippen LogP) is 4.66. The number of halogens is 5. The lowest BCUT2D eigenvalue weighted by Crippen LogP contribution is -2.40. The molecule has 0 fully saturated rings. The van der Waals surface area contributed by atoms with Crippen molar-refractivity contribution in [1.82, 2.24) is 14.9 Å². The second-order valence-electron chi connectivity index (χ2n) is 6.63. The van der Waals surface area contributed by atoms with Crippen molar-refractivity contribution >= 4 is 28.5 Å². The second kappa shape index (κ2) is 8.70.